The van der Waals surface area contributed by atoms with Crippen LogP contribution in [-0.2, 0) is 0 Å². The molecule has 1 heterocycles. The molecule has 0 fully saturated rings. The van der Waals surface area contributed by atoms with Gasteiger partial charge in [0, 0.05) is 12.1 Å². The highest BCUT2D eigenvalue weighted by Crippen LogP contribution is 2.15. The van der Waals surface area contributed by atoms with E-state index in [0.29, 0.717) is 11.1 Å². The molecule has 0 bridgehead atoms. The van der Waals surface area contributed by atoms with Gasteiger partial charge in [-0.2, -0.15) is 11.3 Å². The molecule has 0 saturated heterocycles. The van der Waals surface area contributed by atoms with Crippen LogP contribution in [0.25, 0.3) is 0 Å². The number of nitrogens with one attached hydrogen (secondary N) is 1. The average Bonchev–Trinajstić information content (AvgIpc) is 2.89. The Bertz CT molecular complexity index is 569. The molecule has 2 N–H and O–H groups in total. The zero-order chi connectivity index (χ0) is 13.8. The number of benzene rings is 1. The van der Waals surface area contributed by atoms with Crippen LogP contribution in [0.15, 0.2) is 35.0 Å². The van der Waals surface area contributed by atoms with Crippen LogP contribution in [0.5, 0.6) is 0 Å². The highest BCUT2D eigenvalue weighted by molar-refractivity contribution is 7.07. The number of carbonyl (C=O) groups excluding carboxylic acids is 1. The second-order valence-electron chi connectivity index (χ2n) is 4.24. The summed E-state index contributed by atoms with van der Waals surface area (Å²) in [7, 11) is 0. The van der Waals surface area contributed by atoms with E-state index >= 15 is 0 Å². The predicted molar refractivity (Wildman–Crippen MR) is 72.7 cm³/mol. The molecule has 1 atom stereocenters. The zero-order valence-electron chi connectivity index (χ0n) is 10.4. The Morgan fingerprint density at radius 3 is 2.89 bits per heavy atom. The van der Waals surface area contributed by atoms with Crippen molar-refractivity contribution < 1.29 is 14.3 Å². The van der Waals surface area contributed by atoms with Gasteiger partial charge in [0.15, 0.2) is 0 Å². The Balaban J connectivity index is 1.98. The molecule has 5 heteroatoms. The van der Waals surface area contributed by atoms with Gasteiger partial charge in [-0.1, -0.05) is 0 Å². The molecule has 0 aliphatic rings. The summed E-state index contributed by atoms with van der Waals surface area (Å²) in [6.45, 7) is 1.81. The number of aliphatic hydroxyl groups excluding tert-OH is 1. The average molecular weight is 279 g/mol. The maximum atomic E-state index is 12.9. The number of thiophene rings is 1. The van der Waals surface area contributed by atoms with Gasteiger partial charge in [-0.15, -0.1) is 0 Å². The Morgan fingerprint density at radius 2 is 2.26 bits per heavy atom. The summed E-state index contributed by atoms with van der Waals surface area (Å²) in [4.78, 5) is 11.9. The van der Waals surface area contributed by atoms with Crippen molar-refractivity contribution in [1.82, 2.24) is 5.32 Å². The fraction of sp³-hybridized carbons (Fsp3) is 0.214. The van der Waals surface area contributed by atoms with Gasteiger partial charge in [0.2, 0.25) is 0 Å². The SMILES string of the molecule is Cc1cc(F)ccc1C(=O)NCC(O)c1ccsc1. The number of aliphatic hydroxyl groups is 1. The predicted octanol–water partition coefficient (Wildman–Crippen LogP) is 2.66. The van der Waals surface area contributed by atoms with Crippen LogP contribution >= 0.6 is 11.3 Å². The number of carbonyl (C=O) groups is 1. The molecule has 0 radical (unpaired) electrons. The second kappa shape index (κ2) is 5.95. The molecule has 1 unspecified atom stereocenters. The Labute approximate surface area is 114 Å². The smallest absolute Gasteiger partial charge is 0.251 e. The van der Waals surface area contributed by atoms with Crippen LogP contribution < -0.4 is 5.32 Å². The molecule has 0 aliphatic heterocycles. The molecular weight excluding hydrogens is 265 g/mol. The van der Waals surface area contributed by atoms with Gasteiger partial charge in [-0.3, -0.25) is 4.79 Å². The molecule has 0 aliphatic carbocycles. The van der Waals surface area contributed by atoms with Crippen molar-refractivity contribution >= 4 is 17.2 Å². The normalized spacial score (nSPS) is 12.2. The van der Waals surface area contributed by atoms with E-state index < -0.39 is 6.10 Å². The number of halogens is 1. The van der Waals surface area contributed by atoms with Crippen molar-refractivity contribution in [3.05, 3.63) is 57.5 Å². The lowest BCUT2D eigenvalue weighted by atomic mass is 10.1. The quantitative estimate of drug-likeness (QED) is 0.904. The van der Waals surface area contributed by atoms with Crippen LogP contribution in [0, 0.1) is 12.7 Å². The number of hydrogen-bond acceptors (Lipinski definition) is 3. The minimum atomic E-state index is -0.726. The molecule has 0 spiro atoms. The highest BCUT2D eigenvalue weighted by Gasteiger charge is 2.13. The number of aryl methyl sites for hydroxylation is 1. The van der Waals surface area contributed by atoms with E-state index in [2.05, 4.69) is 5.32 Å². The van der Waals surface area contributed by atoms with Gasteiger partial charge >= 0.3 is 0 Å². The Hall–Kier alpha value is -1.72. The lowest BCUT2D eigenvalue weighted by molar-refractivity contribution is 0.0916. The van der Waals surface area contributed by atoms with E-state index in [-0.39, 0.29) is 18.3 Å². The first-order valence-corrected chi connectivity index (χ1v) is 6.76. The first-order valence-electron chi connectivity index (χ1n) is 5.82. The van der Waals surface area contributed by atoms with Crippen molar-refractivity contribution in [2.75, 3.05) is 6.54 Å². The third kappa shape index (κ3) is 3.39. The summed E-state index contributed by atoms with van der Waals surface area (Å²) >= 11 is 1.49. The van der Waals surface area contributed by atoms with Crippen LogP contribution in [0.2, 0.25) is 0 Å². The number of amides is 1. The van der Waals surface area contributed by atoms with E-state index in [1.54, 1.807) is 6.92 Å². The third-order valence-electron chi connectivity index (χ3n) is 2.82. The monoisotopic (exact) mass is 279 g/mol. The summed E-state index contributed by atoms with van der Waals surface area (Å²) in [6, 6.07) is 5.81. The van der Waals surface area contributed by atoms with Crippen molar-refractivity contribution in [3.8, 4) is 0 Å². The first kappa shape index (κ1) is 13.7. The number of rotatable bonds is 4. The van der Waals surface area contributed by atoms with E-state index in [4.69, 9.17) is 0 Å². The summed E-state index contributed by atoms with van der Waals surface area (Å²) in [5.74, 6) is -0.681. The Kier molecular flexibility index (Phi) is 4.29. The van der Waals surface area contributed by atoms with Gasteiger partial charge in [-0.25, -0.2) is 4.39 Å². The van der Waals surface area contributed by atoms with E-state index in [1.807, 2.05) is 16.8 Å². The molecule has 1 aromatic carbocycles. The zero-order valence-corrected chi connectivity index (χ0v) is 11.2. The van der Waals surface area contributed by atoms with E-state index in [9.17, 15) is 14.3 Å². The third-order valence-corrected chi connectivity index (χ3v) is 3.52. The fourth-order valence-corrected chi connectivity index (χ4v) is 2.46. The van der Waals surface area contributed by atoms with E-state index in [0.717, 1.165) is 5.56 Å². The molecule has 1 amide bonds. The van der Waals surface area contributed by atoms with Crippen LogP contribution in [0.3, 0.4) is 0 Å². The Morgan fingerprint density at radius 1 is 1.47 bits per heavy atom. The molecule has 2 aromatic rings. The fourth-order valence-electron chi connectivity index (χ4n) is 1.75. The summed E-state index contributed by atoms with van der Waals surface area (Å²) < 4.78 is 12.9. The molecule has 19 heavy (non-hydrogen) atoms. The van der Waals surface area contributed by atoms with Crippen LogP contribution in [0.4, 0.5) is 4.39 Å². The molecule has 100 valence electrons. The van der Waals surface area contributed by atoms with Crippen LogP contribution in [-0.4, -0.2) is 17.6 Å². The largest absolute Gasteiger partial charge is 0.387 e. The van der Waals surface area contributed by atoms with Crippen LogP contribution in [0.1, 0.15) is 27.6 Å². The molecule has 0 saturated carbocycles. The molecular formula is C14H14FNO2S. The van der Waals surface area contributed by atoms with Gasteiger partial charge in [-0.05, 0) is 53.1 Å². The maximum absolute atomic E-state index is 12.9. The molecule has 2 rings (SSSR count). The van der Waals surface area contributed by atoms with Gasteiger partial charge in [0.05, 0.1) is 6.10 Å². The van der Waals surface area contributed by atoms with Gasteiger partial charge in [0.1, 0.15) is 5.82 Å². The van der Waals surface area contributed by atoms with Crippen molar-refractivity contribution in [2.45, 2.75) is 13.0 Å². The van der Waals surface area contributed by atoms with Crippen molar-refractivity contribution in [2.24, 2.45) is 0 Å². The minimum Gasteiger partial charge on any atom is -0.387 e. The summed E-state index contributed by atoms with van der Waals surface area (Å²) in [6.07, 6.45) is -0.726. The molecule has 3 nitrogen and oxygen atoms in total. The minimum absolute atomic E-state index is 0.131. The van der Waals surface area contributed by atoms with E-state index in [1.165, 1.54) is 29.5 Å². The lowest BCUT2D eigenvalue weighted by Crippen LogP contribution is -2.28. The second-order valence-corrected chi connectivity index (χ2v) is 5.02. The topological polar surface area (TPSA) is 49.3 Å². The van der Waals surface area contributed by atoms with Crippen molar-refractivity contribution in [1.29, 1.82) is 0 Å². The molecule has 1 aromatic heterocycles. The van der Waals surface area contributed by atoms with Gasteiger partial charge < -0.3 is 10.4 Å². The first-order chi connectivity index (χ1) is 9.08. The highest BCUT2D eigenvalue weighted by atomic mass is 32.1. The standard InChI is InChI=1S/C14H14FNO2S/c1-9-6-11(15)2-3-12(9)14(18)16-7-13(17)10-4-5-19-8-10/h2-6,8,13,17H,7H2,1H3,(H,16,18). The summed E-state index contributed by atoms with van der Waals surface area (Å²) in [5, 5.41) is 16.2. The lowest BCUT2D eigenvalue weighted by Gasteiger charge is -2.11. The summed E-state index contributed by atoms with van der Waals surface area (Å²) in [5.41, 5.74) is 1.77. The van der Waals surface area contributed by atoms with Gasteiger partial charge in [0.25, 0.3) is 5.91 Å². The maximum Gasteiger partial charge on any atom is 0.251 e. The van der Waals surface area contributed by atoms with Crippen molar-refractivity contribution in [3.63, 3.8) is 0 Å². The number of hydrogen-bond donors (Lipinski definition) is 2.